The first-order valence-electron chi connectivity index (χ1n) is 5.19. The van der Waals surface area contributed by atoms with Crippen molar-refractivity contribution in [1.29, 1.82) is 0 Å². The summed E-state index contributed by atoms with van der Waals surface area (Å²) in [4.78, 5) is 10.6. The molecule has 1 unspecified atom stereocenters. The van der Waals surface area contributed by atoms with Crippen molar-refractivity contribution in [1.82, 2.24) is 4.72 Å². The Kier molecular flexibility index (Phi) is 5.60. The number of halogens is 2. The third kappa shape index (κ3) is 3.97. The normalized spacial score (nSPS) is 13.0. The van der Waals surface area contributed by atoms with Crippen LogP contribution in [-0.4, -0.2) is 39.3 Å². The molecule has 7 nitrogen and oxygen atoms in total. The average molecular weight is 343 g/mol. The zero-order chi connectivity index (χ0) is 15.5. The number of hydrogen-bond acceptors (Lipinski definition) is 6. The Labute approximate surface area is 125 Å². The van der Waals surface area contributed by atoms with Crippen LogP contribution in [0.2, 0.25) is 10.0 Å². The number of anilines is 1. The lowest BCUT2D eigenvalue weighted by atomic mass is 10.3. The second kappa shape index (κ2) is 6.59. The Hall–Kier alpha value is -1.06. The molecular formula is C10H12Cl2N2O5S. The van der Waals surface area contributed by atoms with Gasteiger partial charge < -0.3 is 15.6 Å². The SMILES string of the molecule is COC(=O)C(O)CNS(=O)(=O)c1c(N)cc(Cl)cc1Cl. The number of rotatable bonds is 5. The first kappa shape index (κ1) is 17.0. The first-order valence-corrected chi connectivity index (χ1v) is 7.43. The number of sulfonamides is 1. The van der Waals surface area contributed by atoms with Crippen molar-refractivity contribution >= 4 is 44.9 Å². The Morgan fingerprint density at radius 1 is 1.50 bits per heavy atom. The van der Waals surface area contributed by atoms with E-state index in [0.717, 1.165) is 7.11 Å². The van der Waals surface area contributed by atoms with Crippen molar-refractivity contribution in [2.75, 3.05) is 19.4 Å². The van der Waals surface area contributed by atoms with Crippen molar-refractivity contribution in [3.63, 3.8) is 0 Å². The number of nitrogens with one attached hydrogen (secondary N) is 1. The second-order valence-electron chi connectivity index (χ2n) is 3.70. The van der Waals surface area contributed by atoms with Crippen LogP contribution in [-0.2, 0) is 19.6 Å². The minimum absolute atomic E-state index is 0.150. The van der Waals surface area contributed by atoms with E-state index in [1.807, 2.05) is 4.72 Å². The minimum atomic E-state index is -4.11. The van der Waals surface area contributed by atoms with Gasteiger partial charge in [-0.1, -0.05) is 23.2 Å². The number of nitrogen functional groups attached to an aromatic ring is 1. The maximum absolute atomic E-state index is 12.0. The van der Waals surface area contributed by atoms with Gasteiger partial charge in [0.2, 0.25) is 10.0 Å². The fourth-order valence-corrected chi connectivity index (χ4v) is 3.36. The number of esters is 1. The molecule has 0 radical (unpaired) electrons. The molecule has 1 aromatic carbocycles. The minimum Gasteiger partial charge on any atom is -0.467 e. The lowest BCUT2D eigenvalue weighted by molar-refractivity contribution is -0.149. The van der Waals surface area contributed by atoms with Crippen molar-refractivity contribution in [3.05, 3.63) is 22.2 Å². The maximum Gasteiger partial charge on any atom is 0.336 e. The number of carbonyl (C=O) groups excluding carboxylic acids is 1. The molecule has 1 aromatic rings. The number of aliphatic hydroxyl groups is 1. The van der Waals surface area contributed by atoms with Gasteiger partial charge in [-0.25, -0.2) is 17.9 Å². The number of ether oxygens (including phenoxy) is 1. The molecule has 0 aliphatic carbocycles. The van der Waals surface area contributed by atoms with Crippen LogP contribution in [0.4, 0.5) is 5.69 Å². The van der Waals surface area contributed by atoms with Crippen LogP contribution in [0.3, 0.4) is 0 Å². The van der Waals surface area contributed by atoms with Gasteiger partial charge in [-0.15, -0.1) is 0 Å². The van der Waals surface area contributed by atoms with E-state index in [1.54, 1.807) is 0 Å². The van der Waals surface area contributed by atoms with Gasteiger partial charge in [0, 0.05) is 11.6 Å². The lowest BCUT2D eigenvalue weighted by Crippen LogP contribution is -2.37. The van der Waals surface area contributed by atoms with E-state index in [-0.39, 0.29) is 20.6 Å². The van der Waals surface area contributed by atoms with Crippen LogP contribution in [0, 0.1) is 0 Å². The number of aliphatic hydroxyl groups excluding tert-OH is 1. The van der Waals surface area contributed by atoms with Crippen LogP contribution < -0.4 is 10.5 Å². The lowest BCUT2D eigenvalue weighted by Gasteiger charge is -2.13. The van der Waals surface area contributed by atoms with E-state index in [2.05, 4.69) is 4.74 Å². The molecule has 0 aliphatic heterocycles. The summed E-state index contributed by atoms with van der Waals surface area (Å²) in [5.41, 5.74) is 5.41. The smallest absolute Gasteiger partial charge is 0.336 e. The summed E-state index contributed by atoms with van der Waals surface area (Å²) in [5.74, 6) is -0.970. The maximum atomic E-state index is 12.0. The molecule has 0 bridgehead atoms. The molecule has 0 fully saturated rings. The summed E-state index contributed by atoms with van der Waals surface area (Å²) < 4.78 is 30.3. The van der Waals surface area contributed by atoms with Crippen molar-refractivity contribution < 1.29 is 23.1 Å². The van der Waals surface area contributed by atoms with Crippen LogP contribution in [0.1, 0.15) is 0 Å². The molecule has 0 aromatic heterocycles. The van der Waals surface area contributed by atoms with Crippen molar-refractivity contribution in [3.8, 4) is 0 Å². The van der Waals surface area contributed by atoms with E-state index in [9.17, 15) is 18.3 Å². The van der Waals surface area contributed by atoms with Gasteiger partial charge in [-0.05, 0) is 12.1 Å². The highest BCUT2D eigenvalue weighted by atomic mass is 35.5. The molecule has 4 N–H and O–H groups in total. The summed E-state index contributed by atoms with van der Waals surface area (Å²) in [7, 11) is -3.04. The summed E-state index contributed by atoms with van der Waals surface area (Å²) in [6, 6.07) is 2.43. The standard InChI is InChI=1S/C10H12Cl2N2O5S/c1-19-10(16)8(15)4-14-20(17,18)9-6(12)2-5(11)3-7(9)13/h2-3,8,14-15H,4,13H2,1H3. The molecule has 0 heterocycles. The molecule has 20 heavy (non-hydrogen) atoms. The monoisotopic (exact) mass is 342 g/mol. The van der Waals surface area contributed by atoms with E-state index < -0.39 is 28.6 Å². The zero-order valence-electron chi connectivity index (χ0n) is 10.3. The Morgan fingerprint density at radius 2 is 2.10 bits per heavy atom. The van der Waals surface area contributed by atoms with Gasteiger partial charge in [0.1, 0.15) is 4.90 Å². The number of carbonyl (C=O) groups is 1. The Bertz CT molecular complexity index is 597. The molecule has 112 valence electrons. The molecule has 0 saturated carbocycles. The summed E-state index contributed by atoms with van der Waals surface area (Å²) in [6.07, 6.45) is -1.64. The van der Waals surface area contributed by atoms with Crippen LogP contribution >= 0.6 is 23.2 Å². The molecule has 0 amide bonds. The van der Waals surface area contributed by atoms with Crippen molar-refractivity contribution in [2.24, 2.45) is 0 Å². The fraction of sp³-hybridized carbons (Fsp3) is 0.300. The highest BCUT2D eigenvalue weighted by Gasteiger charge is 2.24. The molecule has 1 atom stereocenters. The molecule has 0 aliphatic rings. The topological polar surface area (TPSA) is 119 Å². The quantitative estimate of drug-likeness (QED) is 0.526. The Balaban J connectivity index is 2.98. The summed E-state index contributed by atoms with van der Waals surface area (Å²) in [5, 5.41) is 9.33. The second-order valence-corrected chi connectivity index (χ2v) is 6.24. The molecule has 0 spiro atoms. The molecule has 10 heteroatoms. The van der Waals surface area contributed by atoms with Gasteiger partial charge in [-0.2, -0.15) is 0 Å². The zero-order valence-corrected chi connectivity index (χ0v) is 12.6. The fourth-order valence-electron chi connectivity index (χ4n) is 1.34. The highest BCUT2D eigenvalue weighted by molar-refractivity contribution is 7.89. The van der Waals surface area contributed by atoms with Gasteiger partial charge in [0.05, 0.1) is 17.8 Å². The molecular weight excluding hydrogens is 331 g/mol. The number of nitrogens with two attached hydrogens (primary N) is 1. The summed E-state index contributed by atoms with van der Waals surface area (Å²) in [6.45, 7) is -0.576. The van der Waals surface area contributed by atoms with Gasteiger partial charge >= 0.3 is 5.97 Å². The van der Waals surface area contributed by atoms with E-state index >= 15 is 0 Å². The predicted octanol–water partition coefficient (Wildman–Crippen LogP) is 0.388. The average Bonchev–Trinajstić information content (AvgIpc) is 2.33. The molecule has 1 rings (SSSR count). The van der Waals surface area contributed by atoms with Gasteiger partial charge in [0.25, 0.3) is 0 Å². The predicted molar refractivity (Wildman–Crippen MR) is 74.1 cm³/mol. The first-order chi connectivity index (χ1) is 9.19. The number of hydrogen-bond donors (Lipinski definition) is 3. The van der Waals surface area contributed by atoms with E-state index in [0.29, 0.717) is 0 Å². The largest absolute Gasteiger partial charge is 0.467 e. The third-order valence-corrected chi connectivity index (χ3v) is 4.41. The summed E-state index contributed by atoms with van der Waals surface area (Å²) >= 11 is 11.5. The van der Waals surface area contributed by atoms with Crippen LogP contribution in [0.25, 0.3) is 0 Å². The highest BCUT2D eigenvalue weighted by Crippen LogP contribution is 2.30. The molecule has 0 saturated heterocycles. The number of methoxy groups -OCH3 is 1. The van der Waals surface area contributed by atoms with Crippen LogP contribution in [0.5, 0.6) is 0 Å². The van der Waals surface area contributed by atoms with Gasteiger partial charge in [-0.3, -0.25) is 0 Å². The van der Waals surface area contributed by atoms with E-state index in [1.165, 1.54) is 12.1 Å². The third-order valence-electron chi connectivity index (χ3n) is 2.25. The number of benzene rings is 1. The van der Waals surface area contributed by atoms with E-state index in [4.69, 9.17) is 28.9 Å². The van der Waals surface area contributed by atoms with Crippen LogP contribution in [0.15, 0.2) is 17.0 Å². The Morgan fingerprint density at radius 3 is 2.60 bits per heavy atom. The van der Waals surface area contributed by atoms with Gasteiger partial charge in [0.15, 0.2) is 6.10 Å². The van der Waals surface area contributed by atoms with Crippen molar-refractivity contribution in [2.45, 2.75) is 11.0 Å².